The fourth-order valence-corrected chi connectivity index (χ4v) is 1.93. The van der Waals surface area contributed by atoms with Crippen molar-refractivity contribution < 1.29 is 14.6 Å². The first-order chi connectivity index (χ1) is 5.20. The monoisotopic (exact) mass is 216 g/mol. The minimum absolute atomic E-state index is 0.161. The lowest BCUT2D eigenvalue weighted by atomic mass is 10.1. The molecule has 2 aliphatic heterocycles. The second-order valence-electron chi connectivity index (χ2n) is 2.43. The molecule has 2 rings (SSSR count). The van der Waals surface area contributed by atoms with Crippen molar-refractivity contribution in [3.05, 3.63) is 22.2 Å². The maximum Gasteiger partial charge on any atom is 0.335 e. The molecule has 11 heavy (non-hydrogen) atoms. The van der Waals surface area contributed by atoms with Crippen molar-refractivity contribution in [3.63, 3.8) is 0 Å². The number of fused-ring (bicyclic) bond motifs is 2. The van der Waals surface area contributed by atoms with E-state index in [0.29, 0.717) is 10.1 Å². The Hall–Kier alpha value is -0.610. The first kappa shape index (κ1) is 7.06. The fraction of sp³-hybridized carbons (Fsp3) is 0.286. The third kappa shape index (κ3) is 0.862. The lowest BCUT2D eigenvalue weighted by Gasteiger charge is -2.02. The van der Waals surface area contributed by atoms with Gasteiger partial charge < -0.3 is 9.84 Å². The van der Waals surface area contributed by atoms with Crippen molar-refractivity contribution in [1.29, 1.82) is 0 Å². The molecule has 0 aliphatic carbocycles. The molecule has 0 aromatic carbocycles. The molecule has 3 nitrogen and oxygen atoms in total. The number of hydrogen-bond donors (Lipinski definition) is 1. The van der Waals surface area contributed by atoms with Crippen molar-refractivity contribution in [2.24, 2.45) is 0 Å². The molecule has 0 saturated heterocycles. The molecule has 0 saturated carbocycles. The highest BCUT2D eigenvalue weighted by molar-refractivity contribution is 9.11. The van der Waals surface area contributed by atoms with Crippen LogP contribution >= 0.6 is 15.9 Å². The lowest BCUT2D eigenvalue weighted by molar-refractivity contribution is -0.133. The normalized spacial score (nSPS) is 33.5. The summed E-state index contributed by atoms with van der Waals surface area (Å²) >= 11 is 3.18. The number of ether oxygens (including phenoxy) is 1. The van der Waals surface area contributed by atoms with Gasteiger partial charge in [-0.2, -0.15) is 0 Å². The molecule has 0 aromatic rings. The van der Waals surface area contributed by atoms with E-state index in [1.807, 2.05) is 6.08 Å². The second-order valence-corrected chi connectivity index (χ2v) is 3.28. The summed E-state index contributed by atoms with van der Waals surface area (Å²) in [6, 6.07) is 0. The van der Waals surface area contributed by atoms with Gasteiger partial charge in [0.05, 0.1) is 5.57 Å². The third-order valence-electron chi connectivity index (χ3n) is 1.78. The third-order valence-corrected chi connectivity index (χ3v) is 2.65. The molecule has 0 fully saturated rings. The van der Waals surface area contributed by atoms with Crippen molar-refractivity contribution in [2.45, 2.75) is 12.2 Å². The van der Waals surface area contributed by atoms with Gasteiger partial charge in [0, 0.05) is 4.48 Å². The fourth-order valence-electron chi connectivity index (χ4n) is 1.27. The Morgan fingerprint density at radius 1 is 1.55 bits per heavy atom. The van der Waals surface area contributed by atoms with E-state index in [9.17, 15) is 4.79 Å². The number of hydrogen-bond acceptors (Lipinski definition) is 2. The van der Waals surface area contributed by atoms with Gasteiger partial charge in [-0.25, -0.2) is 4.79 Å². The van der Waals surface area contributed by atoms with Crippen molar-refractivity contribution in [3.8, 4) is 0 Å². The van der Waals surface area contributed by atoms with Gasteiger partial charge in [0.1, 0.15) is 12.2 Å². The molecule has 0 amide bonds. The van der Waals surface area contributed by atoms with Crippen LogP contribution in [0.3, 0.4) is 0 Å². The summed E-state index contributed by atoms with van der Waals surface area (Å²) in [5.74, 6) is -0.909. The van der Waals surface area contributed by atoms with Crippen LogP contribution in [0.1, 0.15) is 0 Å². The van der Waals surface area contributed by atoms with E-state index in [4.69, 9.17) is 9.84 Å². The Morgan fingerprint density at radius 2 is 2.18 bits per heavy atom. The Bertz CT molecular complexity index is 279. The maximum atomic E-state index is 10.6. The molecule has 0 spiro atoms. The summed E-state index contributed by atoms with van der Waals surface area (Å²) < 4.78 is 5.90. The van der Waals surface area contributed by atoms with Crippen LogP contribution in [0, 0.1) is 0 Å². The Morgan fingerprint density at radius 3 is 2.55 bits per heavy atom. The topological polar surface area (TPSA) is 46.5 Å². The van der Waals surface area contributed by atoms with E-state index in [-0.39, 0.29) is 12.2 Å². The minimum atomic E-state index is -0.909. The van der Waals surface area contributed by atoms with E-state index in [0.717, 1.165) is 0 Å². The number of carbonyl (C=O) groups is 1. The number of carboxylic acid groups (broad SMARTS) is 1. The summed E-state index contributed by atoms with van der Waals surface area (Å²) in [5, 5.41) is 8.70. The average Bonchev–Trinajstić information content (AvgIpc) is 2.44. The first-order valence-electron chi connectivity index (χ1n) is 3.17. The molecule has 0 radical (unpaired) electrons. The van der Waals surface area contributed by atoms with E-state index < -0.39 is 5.97 Å². The SMILES string of the molecule is O=C(O)C1=C(Br)C2C=CC1O2. The van der Waals surface area contributed by atoms with E-state index in [1.54, 1.807) is 6.08 Å². The second kappa shape index (κ2) is 2.19. The molecular weight excluding hydrogens is 212 g/mol. The van der Waals surface area contributed by atoms with Gasteiger partial charge in [-0.05, 0) is 0 Å². The molecule has 2 unspecified atom stereocenters. The van der Waals surface area contributed by atoms with Crippen LogP contribution in [0.15, 0.2) is 22.2 Å². The molecule has 4 heteroatoms. The van der Waals surface area contributed by atoms with Gasteiger partial charge in [-0.1, -0.05) is 28.1 Å². The van der Waals surface area contributed by atoms with Crippen LogP contribution in [0.5, 0.6) is 0 Å². The summed E-state index contributed by atoms with van der Waals surface area (Å²) in [7, 11) is 0. The number of carboxylic acids is 1. The quantitative estimate of drug-likeness (QED) is 0.668. The number of aliphatic carboxylic acids is 1. The number of rotatable bonds is 1. The molecule has 2 bridgehead atoms. The van der Waals surface area contributed by atoms with Crippen LogP contribution < -0.4 is 0 Å². The van der Waals surface area contributed by atoms with Gasteiger partial charge in [0.2, 0.25) is 0 Å². The van der Waals surface area contributed by atoms with Crippen molar-refractivity contribution >= 4 is 21.9 Å². The van der Waals surface area contributed by atoms with E-state index in [1.165, 1.54) is 0 Å². The average molecular weight is 217 g/mol. The predicted molar refractivity (Wildman–Crippen MR) is 41.4 cm³/mol. The van der Waals surface area contributed by atoms with Crippen LogP contribution in [-0.2, 0) is 9.53 Å². The summed E-state index contributed by atoms with van der Waals surface area (Å²) in [6.07, 6.45) is 3.11. The lowest BCUT2D eigenvalue weighted by Crippen LogP contribution is -2.12. The summed E-state index contributed by atoms with van der Waals surface area (Å²) in [5.41, 5.74) is 0.331. The Balaban J connectivity index is 2.40. The highest BCUT2D eigenvalue weighted by Gasteiger charge is 2.38. The molecule has 1 N–H and O–H groups in total. The molecule has 0 aromatic heterocycles. The molecule has 2 aliphatic rings. The van der Waals surface area contributed by atoms with Gasteiger partial charge in [0.25, 0.3) is 0 Å². The van der Waals surface area contributed by atoms with Crippen molar-refractivity contribution in [1.82, 2.24) is 0 Å². The zero-order chi connectivity index (χ0) is 8.01. The first-order valence-corrected chi connectivity index (χ1v) is 3.96. The number of halogens is 1. The molecule has 2 atom stereocenters. The van der Waals surface area contributed by atoms with Gasteiger partial charge in [0.15, 0.2) is 0 Å². The van der Waals surface area contributed by atoms with Crippen molar-refractivity contribution in [2.75, 3.05) is 0 Å². The maximum absolute atomic E-state index is 10.6. The molecular formula is C7H5BrO3. The Labute approximate surface area is 71.5 Å². The summed E-state index contributed by atoms with van der Waals surface area (Å²) in [4.78, 5) is 10.6. The Kier molecular flexibility index (Phi) is 1.40. The van der Waals surface area contributed by atoms with E-state index in [2.05, 4.69) is 15.9 Å². The highest BCUT2D eigenvalue weighted by atomic mass is 79.9. The van der Waals surface area contributed by atoms with Crippen LogP contribution in [0.25, 0.3) is 0 Å². The van der Waals surface area contributed by atoms with Gasteiger partial charge in [-0.3, -0.25) is 0 Å². The van der Waals surface area contributed by atoms with Gasteiger partial charge >= 0.3 is 5.97 Å². The van der Waals surface area contributed by atoms with Crippen LogP contribution in [0.2, 0.25) is 0 Å². The zero-order valence-corrected chi connectivity index (χ0v) is 7.04. The summed E-state index contributed by atoms with van der Waals surface area (Å²) in [6.45, 7) is 0. The van der Waals surface area contributed by atoms with E-state index >= 15 is 0 Å². The van der Waals surface area contributed by atoms with Gasteiger partial charge in [-0.15, -0.1) is 0 Å². The standard InChI is InChI=1S/C7H5BrO3/c8-6-4-2-1-3(11-4)5(6)7(9)10/h1-4H,(H,9,10). The van der Waals surface area contributed by atoms with Crippen LogP contribution in [0.4, 0.5) is 0 Å². The highest BCUT2D eigenvalue weighted by Crippen LogP contribution is 2.37. The predicted octanol–water partition coefficient (Wildman–Crippen LogP) is 1.06. The molecule has 58 valence electrons. The zero-order valence-electron chi connectivity index (χ0n) is 5.45. The minimum Gasteiger partial charge on any atom is -0.478 e. The largest absolute Gasteiger partial charge is 0.478 e. The smallest absolute Gasteiger partial charge is 0.335 e. The van der Waals surface area contributed by atoms with Crippen LogP contribution in [-0.4, -0.2) is 23.3 Å². The molecule has 2 heterocycles.